The zero-order chi connectivity index (χ0) is 19.9. The predicted octanol–water partition coefficient (Wildman–Crippen LogP) is 4.78. The van der Waals surface area contributed by atoms with Gasteiger partial charge in [-0.05, 0) is 30.3 Å². The minimum Gasteiger partial charge on any atom is -0.298 e. The highest BCUT2D eigenvalue weighted by molar-refractivity contribution is 7.13. The van der Waals surface area contributed by atoms with Crippen molar-refractivity contribution in [1.29, 1.82) is 0 Å². The van der Waals surface area contributed by atoms with Crippen LogP contribution in [-0.4, -0.2) is 25.5 Å². The first-order chi connectivity index (χ1) is 13.3. The van der Waals surface area contributed by atoms with E-state index in [-0.39, 0.29) is 27.6 Å². The monoisotopic (exact) mass is 423 g/mol. The molecule has 4 rings (SSSR count). The van der Waals surface area contributed by atoms with Crippen molar-refractivity contribution in [3.63, 3.8) is 0 Å². The van der Waals surface area contributed by atoms with Gasteiger partial charge in [-0.25, -0.2) is 14.5 Å². The first-order valence-electron chi connectivity index (χ1n) is 7.76. The van der Waals surface area contributed by atoms with E-state index >= 15 is 0 Å². The Morgan fingerprint density at radius 3 is 2.79 bits per heavy atom. The molecule has 0 radical (unpaired) electrons. The SMILES string of the molecule is O=C(Nc1nccs1)c1cccn2nc(-c3cc(Cl)ccc3C(F)(F)F)nc12. The number of anilines is 1. The molecule has 0 aliphatic heterocycles. The second-order valence-corrected chi connectivity index (χ2v) is 6.94. The summed E-state index contributed by atoms with van der Waals surface area (Å²) in [4.78, 5) is 20.7. The van der Waals surface area contributed by atoms with Gasteiger partial charge in [0.2, 0.25) is 0 Å². The van der Waals surface area contributed by atoms with Gasteiger partial charge in [-0.3, -0.25) is 10.1 Å². The van der Waals surface area contributed by atoms with E-state index in [1.807, 2.05) is 0 Å². The number of rotatable bonds is 3. The van der Waals surface area contributed by atoms with Crippen molar-refractivity contribution < 1.29 is 18.0 Å². The lowest BCUT2D eigenvalue weighted by atomic mass is 10.1. The molecule has 3 aromatic heterocycles. The maximum atomic E-state index is 13.4. The van der Waals surface area contributed by atoms with Gasteiger partial charge in [-0.15, -0.1) is 16.4 Å². The maximum absolute atomic E-state index is 13.4. The Morgan fingerprint density at radius 1 is 1.25 bits per heavy atom. The summed E-state index contributed by atoms with van der Waals surface area (Å²) in [6.45, 7) is 0. The normalized spacial score (nSPS) is 11.7. The third-order valence-electron chi connectivity index (χ3n) is 3.79. The molecule has 4 aromatic rings. The Balaban J connectivity index is 1.82. The minimum atomic E-state index is -4.61. The fourth-order valence-corrected chi connectivity index (χ4v) is 3.29. The molecule has 0 spiro atoms. The summed E-state index contributed by atoms with van der Waals surface area (Å²) in [6.07, 6.45) is -1.58. The topological polar surface area (TPSA) is 72.2 Å². The van der Waals surface area contributed by atoms with E-state index in [0.29, 0.717) is 5.13 Å². The number of benzene rings is 1. The molecule has 0 aliphatic carbocycles. The summed E-state index contributed by atoms with van der Waals surface area (Å²) < 4.78 is 41.3. The molecule has 3 heterocycles. The standard InChI is InChI=1S/C17H9ClF3N5OS/c18-9-3-4-12(17(19,20)21)11(8-9)13-23-14-10(2-1-6-26(14)25-13)15(27)24-16-22-5-7-28-16/h1-8H,(H,22,24,27). The van der Waals surface area contributed by atoms with Crippen LogP contribution in [0.2, 0.25) is 5.02 Å². The number of halogens is 4. The van der Waals surface area contributed by atoms with Gasteiger partial charge < -0.3 is 0 Å². The molecule has 0 saturated heterocycles. The summed E-state index contributed by atoms with van der Waals surface area (Å²) in [5.41, 5.74) is -0.928. The van der Waals surface area contributed by atoms with Crippen LogP contribution in [0.1, 0.15) is 15.9 Å². The number of hydrogen-bond donors (Lipinski definition) is 1. The number of nitrogens with zero attached hydrogens (tertiary/aromatic N) is 4. The Kier molecular flexibility index (Phi) is 4.52. The van der Waals surface area contributed by atoms with E-state index in [1.54, 1.807) is 11.4 Å². The number of amides is 1. The van der Waals surface area contributed by atoms with Crippen LogP contribution in [0, 0.1) is 0 Å². The van der Waals surface area contributed by atoms with Crippen molar-refractivity contribution in [2.45, 2.75) is 6.18 Å². The van der Waals surface area contributed by atoms with Crippen molar-refractivity contribution in [2.24, 2.45) is 0 Å². The molecule has 0 atom stereocenters. The number of carbonyl (C=O) groups is 1. The maximum Gasteiger partial charge on any atom is 0.417 e. The lowest BCUT2D eigenvalue weighted by molar-refractivity contribution is -0.137. The second kappa shape index (κ2) is 6.88. The van der Waals surface area contributed by atoms with Crippen molar-refractivity contribution in [1.82, 2.24) is 19.6 Å². The van der Waals surface area contributed by atoms with Crippen LogP contribution < -0.4 is 5.32 Å². The molecule has 1 aromatic carbocycles. The number of pyridine rings is 1. The van der Waals surface area contributed by atoms with Gasteiger partial charge in [-0.1, -0.05) is 11.6 Å². The zero-order valence-corrected chi connectivity index (χ0v) is 15.3. The van der Waals surface area contributed by atoms with Crippen LogP contribution in [0.5, 0.6) is 0 Å². The van der Waals surface area contributed by atoms with Crippen molar-refractivity contribution in [2.75, 3.05) is 5.32 Å². The fourth-order valence-electron chi connectivity index (χ4n) is 2.60. The van der Waals surface area contributed by atoms with Gasteiger partial charge in [0.1, 0.15) is 0 Å². The Hall–Kier alpha value is -2.98. The Bertz CT molecular complexity index is 1170. The van der Waals surface area contributed by atoms with E-state index in [1.165, 1.54) is 34.3 Å². The highest BCUT2D eigenvalue weighted by Crippen LogP contribution is 2.37. The molecule has 1 amide bonds. The van der Waals surface area contributed by atoms with Crippen molar-refractivity contribution in [3.8, 4) is 11.4 Å². The molecule has 142 valence electrons. The number of hydrogen-bond acceptors (Lipinski definition) is 5. The van der Waals surface area contributed by atoms with E-state index in [9.17, 15) is 18.0 Å². The molecule has 1 N–H and O–H groups in total. The zero-order valence-electron chi connectivity index (χ0n) is 13.7. The average molecular weight is 424 g/mol. The predicted molar refractivity (Wildman–Crippen MR) is 98.5 cm³/mol. The van der Waals surface area contributed by atoms with Gasteiger partial charge in [0.25, 0.3) is 5.91 Å². The smallest absolute Gasteiger partial charge is 0.298 e. The third kappa shape index (κ3) is 3.43. The summed E-state index contributed by atoms with van der Waals surface area (Å²) in [5.74, 6) is -0.689. The summed E-state index contributed by atoms with van der Waals surface area (Å²) >= 11 is 7.11. The molecule has 6 nitrogen and oxygen atoms in total. The van der Waals surface area contributed by atoms with Gasteiger partial charge >= 0.3 is 6.18 Å². The summed E-state index contributed by atoms with van der Waals surface area (Å²) in [6, 6.07) is 6.22. The molecule has 0 saturated carbocycles. The fraction of sp³-hybridized carbons (Fsp3) is 0.0588. The van der Waals surface area contributed by atoms with Gasteiger partial charge in [0.05, 0.1) is 11.1 Å². The number of carbonyl (C=O) groups excluding carboxylic acids is 1. The van der Waals surface area contributed by atoms with Gasteiger partial charge in [0, 0.05) is 28.4 Å². The van der Waals surface area contributed by atoms with Crippen LogP contribution in [-0.2, 0) is 6.18 Å². The molecule has 28 heavy (non-hydrogen) atoms. The molecule has 0 bridgehead atoms. The molecule has 11 heteroatoms. The molecule has 0 fully saturated rings. The van der Waals surface area contributed by atoms with Gasteiger partial charge in [-0.2, -0.15) is 13.2 Å². The van der Waals surface area contributed by atoms with E-state index in [0.717, 1.165) is 18.2 Å². The third-order valence-corrected chi connectivity index (χ3v) is 4.71. The number of nitrogens with one attached hydrogen (secondary N) is 1. The quantitative estimate of drug-likeness (QED) is 0.515. The molecular formula is C17H9ClF3N5OS. The van der Waals surface area contributed by atoms with Crippen LogP contribution in [0.3, 0.4) is 0 Å². The van der Waals surface area contributed by atoms with E-state index in [2.05, 4.69) is 20.4 Å². The lowest BCUT2D eigenvalue weighted by Crippen LogP contribution is -2.13. The van der Waals surface area contributed by atoms with Crippen LogP contribution >= 0.6 is 22.9 Å². The number of aromatic nitrogens is 4. The molecule has 0 aliphatic rings. The number of alkyl halides is 3. The molecular weight excluding hydrogens is 415 g/mol. The van der Waals surface area contributed by atoms with E-state index in [4.69, 9.17) is 11.6 Å². The minimum absolute atomic E-state index is 0.111. The molecule has 0 unspecified atom stereocenters. The second-order valence-electron chi connectivity index (χ2n) is 5.60. The first-order valence-corrected chi connectivity index (χ1v) is 9.02. The van der Waals surface area contributed by atoms with Crippen LogP contribution in [0.15, 0.2) is 48.1 Å². The lowest BCUT2D eigenvalue weighted by Gasteiger charge is -2.10. The van der Waals surface area contributed by atoms with Crippen molar-refractivity contribution >= 4 is 39.6 Å². The Morgan fingerprint density at radius 2 is 2.07 bits per heavy atom. The largest absolute Gasteiger partial charge is 0.417 e. The van der Waals surface area contributed by atoms with Crippen LogP contribution in [0.4, 0.5) is 18.3 Å². The van der Waals surface area contributed by atoms with Gasteiger partial charge in [0.15, 0.2) is 16.6 Å². The van der Waals surface area contributed by atoms with E-state index < -0.39 is 17.6 Å². The highest BCUT2D eigenvalue weighted by atomic mass is 35.5. The highest BCUT2D eigenvalue weighted by Gasteiger charge is 2.35. The Labute approximate surface area is 164 Å². The van der Waals surface area contributed by atoms with Crippen LogP contribution in [0.25, 0.3) is 17.0 Å². The first kappa shape index (κ1) is 18.4. The number of thiazole rings is 1. The number of fused-ring (bicyclic) bond motifs is 1. The summed E-state index contributed by atoms with van der Waals surface area (Å²) in [5, 5.41) is 8.90. The average Bonchev–Trinajstić information content (AvgIpc) is 3.29. The van der Waals surface area contributed by atoms with Crippen molar-refractivity contribution in [3.05, 3.63) is 64.3 Å². The summed E-state index contributed by atoms with van der Waals surface area (Å²) in [7, 11) is 0.